The van der Waals surface area contributed by atoms with Crippen molar-refractivity contribution >= 4 is 21.9 Å². The van der Waals surface area contributed by atoms with E-state index in [-0.39, 0.29) is 5.63 Å². The minimum absolute atomic E-state index is 0.354. The van der Waals surface area contributed by atoms with Crippen LogP contribution in [0.2, 0.25) is 0 Å². The highest BCUT2D eigenvalue weighted by Crippen LogP contribution is 2.36. The van der Waals surface area contributed by atoms with Gasteiger partial charge in [0.25, 0.3) is 0 Å². The van der Waals surface area contributed by atoms with Gasteiger partial charge in [0.15, 0.2) is 5.58 Å². The summed E-state index contributed by atoms with van der Waals surface area (Å²) in [6.45, 7) is 3.80. The molecule has 0 saturated carbocycles. The lowest BCUT2D eigenvalue weighted by Gasteiger charge is -2.01. The van der Waals surface area contributed by atoms with E-state index in [9.17, 15) is 4.79 Å². The van der Waals surface area contributed by atoms with E-state index in [1.807, 2.05) is 62.4 Å². The fourth-order valence-corrected chi connectivity index (χ4v) is 2.99. The van der Waals surface area contributed by atoms with Gasteiger partial charge in [-0.3, -0.25) is 0 Å². The highest BCUT2D eigenvalue weighted by molar-refractivity contribution is 6.07. The van der Waals surface area contributed by atoms with E-state index in [0.717, 1.165) is 27.8 Å². The number of furan rings is 1. The maximum absolute atomic E-state index is 12.5. The zero-order valence-corrected chi connectivity index (χ0v) is 12.3. The number of hydrogen-bond donors (Lipinski definition) is 0. The minimum Gasteiger partial charge on any atom is -0.460 e. The van der Waals surface area contributed by atoms with Crippen molar-refractivity contribution in [2.24, 2.45) is 0 Å². The number of hydrogen-bond acceptors (Lipinski definition) is 3. The van der Waals surface area contributed by atoms with Gasteiger partial charge in [-0.05, 0) is 31.0 Å². The lowest BCUT2D eigenvalue weighted by Crippen LogP contribution is -2.00. The number of fused-ring (bicyclic) bond motifs is 3. The molecule has 4 aromatic rings. The van der Waals surface area contributed by atoms with Crippen molar-refractivity contribution in [3.8, 4) is 11.1 Å². The first-order valence-electron chi connectivity index (χ1n) is 7.18. The van der Waals surface area contributed by atoms with Gasteiger partial charge in [-0.15, -0.1) is 0 Å². The first-order valence-corrected chi connectivity index (χ1v) is 7.18. The monoisotopic (exact) mass is 290 g/mol. The van der Waals surface area contributed by atoms with E-state index in [4.69, 9.17) is 8.83 Å². The summed E-state index contributed by atoms with van der Waals surface area (Å²) in [4.78, 5) is 12.5. The summed E-state index contributed by atoms with van der Waals surface area (Å²) < 4.78 is 11.5. The second-order valence-electron chi connectivity index (χ2n) is 5.44. The molecule has 0 aliphatic rings. The van der Waals surface area contributed by atoms with E-state index in [1.54, 1.807) is 0 Å². The van der Waals surface area contributed by atoms with Gasteiger partial charge >= 0.3 is 5.63 Å². The van der Waals surface area contributed by atoms with Gasteiger partial charge in [0, 0.05) is 5.56 Å². The molecule has 4 rings (SSSR count). The summed E-state index contributed by atoms with van der Waals surface area (Å²) in [6.07, 6.45) is 0. The molecular weight excluding hydrogens is 276 g/mol. The average molecular weight is 290 g/mol. The van der Waals surface area contributed by atoms with E-state index >= 15 is 0 Å². The SMILES string of the molecule is Cc1oc2c(c1-c1ccccc1)c(=O)oc1c(C)cccc12. The molecule has 2 aromatic carbocycles. The molecule has 0 radical (unpaired) electrons. The first-order chi connectivity index (χ1) is 10.7. The highest BCUT2D eigenvalue weighted by atomic mass is 16.4. The Hall–Kier alpha value is -2.81. The van der Waals surface area contributed by atoms with Crippen LogP contribution >= 0.6 is 0 Å². The number of para-hydroxylation sites is 1. The summed E-state index contributed by atoms with van der Waals surface area (Å²) in [6, 6.07) is 15.6. The Bertz CT molecular complexity index is 1050. The number of aryl methyl sites for hydroxylation is 2. The van der Waals surface area contributed by atoms with E-state index in [2.05, 4.69) is 0 Å². The molecule has 0 unspecified atom stereocenters. The molecule has 0 aliphatic heterocycles. The molecule has 108 valence electrons. The molecule has 22 heavy (non-hydrogen) atoms. The van der Waals surface area contributed by atoms with Crippen LogP contribution in [0.25, 0.3) is 33.1 Å². The molecule has 2 heterocycles. The van der Waals surface area contributed by atoms with Gasteiger partial charge in [0.2, 0.25) is 0 Å². The third-order valence-corrected chi connectivity index (χ3v) is 4.00. The smallest absolute Gasteiger partial charge is 0.348 e. The molecule has 0 amide bonds. The molecule has 2 aromatic heterocycles. The van der Waals surface area contributed by atoms with Gasteiger partial charge in [0.1, 0.15) is 16.7 Å². The first kappa shape index (κ1) is 12.9. The molecule has 3 nitrogen and oxygen atoms in total. The minimum atomic E-state index is -0.354. The zero-order chi connectivity index (χ0) is 15.3. The zero-order valence-electron chi connectivity index (χ0n) is 12.3. The molecule has 0 spiro atoms. The Kier molecular flexibility index (Phi) is 2.70. The van der Waals surface area contributed by atoms with Crippen LogP contribution in [0.5, 0.6) is 0 Å². The van der Waals surface area contributed by atoms with Crippen molar-refractivity contribution in [2.45, 2.75) is 13.8 Å². The maximum Gasteiger partial charge on any atom is 0.348 e. The third-order valence-electron chi connectivity index (χ3n) is 4.00. The van der Waals surface area contributed by atoms with Crippen molar-refractivity contribution in [1.29, 1.82) is 0 Å². The highest BCUT2D eigenvalue weighted by Gasteiger charge is 2.20. The van der Waals surface area contributed by atoms with Gasteiger partial charge in [0.05, 0.1) is 5.39 Å². The van der Waals surface area contributed by atoms with Crippen LogP contribution in [0.3, 0.4) is 0 Å². The lowest BCUT2D eigenvalue weighted by molar-refractivity contribution is 0.557. The molecule has 3 heteroatoms. The Labute approximate surface area is 126 Å². The third kappa shape index (κ3) is 1.72. The Morgan fingerprint density at radius 1 is 0.818 bits per heavy atom. The standard InChI is InChI=1S/C19H14O3/c1-11-7-6-10-14-17(11)22-19(20)16-15(12(2)21-18(14)16)13-8-4-3-5-9-13/h3-10H,1-2H3. The van der Waals surface area contributed by atoms with Crippen molar-refractivity contribution in [3.05, 3.63) is 70.3 Å². The van der Waals surface area contributed by atoms with E-state index < -0.39 is 0 Å². The van der Waals surface area contributed by atoms with Crippen LogP contribution in [-0.4, -0.2) is 0 Å². The summed E-state index contributed by atoms with van der Waals surface area (Å²) in [5.41, 5.74) is 3.53. The van der Waals surface area contributed by atoms with Crippen molar-refractivity contribution in [3.63, 3.8) is 0 Å². The van der Waals surface area contributed by atoms with Crippen molar-refractivity contribution in [2.75, 3.05) is 0 Å². The number of benzene rings is 2. The summed E-state index contributed by atoms with van der Waals surface area (Å²) in [5, 5.41) is 1.35. The molecule has 0 saturated heterocycles. The van der Waals surface area contributed by atoms with Crippen LogP contribution in [-0.2, 0) is 0 Å². The van der Waals surface area contributed by atoms with E-state index in [1.165, 1.54) is 0 Å². The molecule has 0 atom stereocenters. The van der Waals surface area contributed by atoms with Crippen molar-refractivity contribution < 1.29 is 8.83 Å². The molecular formula is C19H14O3. The van der Waals surface area contributed by atoms with Crippen LogP contribution in [0.4, 0.5) is 0 Å². The average Bonchev–Trinajstić information content (AvgIpc) is 2.87. The fraction of sp³-hybridized carbons (Fsp3) is 0.105. The Balaban J connectivity index is 2.22. The molecule has 0 N–H and O–H groups in total. The van der Waals surface area contributed by atoms with Crippen LogP contribution in [0.1, 0.15) is 11.3 Å². The fourth-order valence-electron chi connectivity index (χ4n) is 2.99. The van der Waals surface area contributed by atoms with Crippen molar-refractivity contribution in [1.82, 2.24) is 0 Å². The van der Waals surface area contributed by atoms with Gasteiger partial charge in [-0.25, -0.2) is 4.79 Å². The maximum atomic E-state index is 12.5. The topological polar surface area (TPSA) is 43.4 Å². The van der Waals surface area contributed by atoms with Gasteiger partial charge < -0.3 is 8.83 Å². The van der Waals surface area contributed by atoms with E-state index in [0.29, 0.717) is 16.6 Å². The van der Waals surface area contributed by atoms with Crippen LogP contribution < -0.4 is 5.63 Å². The normalized spacial score (nSPS) is 11.4. The molecule has 0 bridgehead atoms. The molecule has 0 fully saturated rings. The van der Waals surface area contributed by atoms with Crippen LogP contribution in [0.15, 0.2) is 62.2 Å². The molecule has 0 aliphatic carbocycles. The number of rotatable bonds is 1. The largest absolute Gasteiger partial charge is 0.460 e. The second-order valence-corrected chi connectivity index (χ2v) is 5.44. The Morgan fingerprint density at radius 3 is 2.36 bits per heavy atom. The van der Waals surface area contributed by atoms with Gasteiger partial charge in [-0.1, -0.05) is 42.5 Å². The van der Waals surface area contributed by atoms with Gasteiger partial charge in [-0.2, -0.15) is 0 Å². The summed E-state index contributed by atoms with van der Waals surface area (Å²) in [7, 11) is 0. The second kappa shape index (κ2) is 4.60. The lowest BCUT2D eigenvalue weighted by atomic mass is 10.0. The Morgan fingerprint density at radius 2 is 1.59 bits per heavy atom. The summed E-state index contributed by atoms with van der Waals surface area (Å²) >= 11 is 0. The van der Waals surface area contributed by atoms with Crippen LogP contribution in [0, 0.1) is 13.8 Å². The predicted octanol–water partition coefficient (Wildman–Crippen LogP) is 4.82. The summed E-state index contributed by atoms with van der Waals surface area (Å²) in [5.74, 6) is 0.725. The quantitative estimate of drug-likeness (QED) is 0.472. The predicted molar refractivity (Wildman–Crippen MR) is 87.2 cm³/mol.